The van der Waals surface area contributed by atoms with Crippen LogP contribution in [0, 0.1) is 25.2 Å². The predicted octanol–water partition coefficient (Wildman–Crippen LogP) is 2.74. The summed E-state index contributed by atoms with van der Waals surface area (Å²) in [5, 5.41) is 8.81. The first-order chi connectivity index (χ1) is 5.69. The maximum atomic E-state index is 8.81. The normalized spacial score (nSPS) is 9.50. The molecule has 12 heavy (non-hydrogen) atoms. The highest BCUT2D eigenvalue weighted by molar-refractivity contribution is 5.43. The summed E-state index contributed by atoms with van der Waals surface area (Å²) in [6.07, 6.45) is 0.935. The molecule has 0 N–H and O–H groups in total. The van der Waals surface area contributed by atoms with Crippen LogP contribution in [0.25, 0.3) is 0 Å². The number of hydrogen-bond acceptors (Lipinski definition) is 1. The summed E-state index contributed by atoms with van der Waals surface area (Å²) in [7, 11) is 0. The number of benzene rings is 1. The molecule has 0 aromatic heterocycles. The van der Waals surface area contributed by atoms with E-state index in [1.165, 1.54) is 11.1 Å². The van der Waals surface area contributed by atoms with Crippen molar-refractivity contribution >= 4 is 0 Å². The highest BCUT2D eigenvalue weighted by atomic mass is 14.2. The van der Waals surface area contributed by atoms with Gasteiger partial charge in [0.1, 0.15) is 0 Å². The van der Waals surface area contributed by atoms with Crippen LogP contribution in [0.2, 0.25) is 0 Å². The summed E-state index contributed by atoms with van der Waals surface area (Å²) in [4.78, 5) is 0. The molecule has 0 fully saturated rings. The SMILES string of the molecule is CCc1cc(C)c(C)cc1C#N. The minimum Gasteiger partial charge on any atom is -0.192 e. The van der Waals surface area contributed by atoms with E-state index in [4.69, 9.17) is 5.26 Å². The molecule has 0 aliphatic heterocycles. The lowest BCUT2D eigenvalue weighted by molar-refractivity contribution is 1.11. The Morgan fingerprint density at radius 1 is 1.25 bits per heavy atom. The Labute approximate surface area is 73.6 Å². The van der Waals surface area contributed by atoms with Crippen LogP contribution >= 0.6 is 0 Å². The van der Waals surface area contributed by atoms with Crippen molar-refractivity contribution in [2.75, 3.05) is 0 Å². The average molecular weight is 159 g/mol. The zero-order valence-electron chi connectivity index (χ0n) is 7.81. The van der Waals surface area contributed by atoms with Crippen molar-refractivity contribution in [3.05, 3.63) is 34.4 Å². The fourth-order valence-electron chi connectivity index (χ4n) is 1.27. The van der Waals surface area contributed by atoms with Gasteiger partial charge in [0, 0.05) is 0 Å². The Bertz CT molecular complexity index is 332. The van der Waals surface area contributed by atoms with E-state index < -0.39 is 0 Å². The fraction of sp³-hybridized carbons (Fsp3) is 0.364. The van der Waals surface area contributed by atoms with Gasteiger partial charge in [0.05, 0.1) is 11.6 Å². The largest absolute Gasteiger partial charge is 0.192 e. The third-order valence-corrected chi connectivity index (χ3v) is 2.22. The Morgan fingerprint density at radius 2 is 1.83 bits per heavy atom. The van der Waals surface area contributed by atoms with Crippen molar-refractivity contribution in [1.29, 1.82) is 5.26 Å². The summed E-state index contributed by atoms with van der Waals surface area (Å²) >= 11 is 0. The van der Waals surface area contributed by atoms with Crippen molar-refractivity contribution in [3.63, 3.8) is 0 Å². The molecule has 0 aliphatic rings. The number of hydrogen-bond donors (Lipinski definition) is 0. The number of nitrogens with zero attached hydrogens (tertiary/aromatic N) is 1. The van der Waals surface area contributed by atoms with Crippen LogP contribution in [0.3, 0.4) is 0 Å². The van der Waals surface area contributed by atoms with Gasteiger partial charge in [0.25, 0.3) is 0 Å². The second-order valence-electron chi connectivity index (χ2n) is 3.06. The van der Waals surface area contributed by atoms with Crippen molar-refractivity contribution in [1.82, 2.24) is 0 Å². The van der Waals surface area contributed by atoms with Crippen LogP contribution in [-0.4, -0.2) is 0 Å². The fourth-order valence-corrected chi connectivity index (χ4v) is 1.27. The molecule has 1 aromatic carbocycles. The molecular formula is C11H13N. The topological polar surface area (TPSA) is 23.8 Å². The first-order valence-electron chi connectivity index (χ1n) is 4.19. The van der Waals surface area contributed by atoms with Gasteiger partial charge >= 0.3 is 0 Å². The second-order valence-corrected chi connectivity index (χ2v) is 3.06. The first kappa shape index (κ1) is 8.80. The molecule has 62 valence electrons. The molecule has 0 atom stereocenters. The van der Waals surface area contributed by atoms with E-state index in [9.17, 15) is 0 Å². The lowest BCUT2D eigenvalue weighted by Crippen LogP contribution is -1.91. The van der Waals surface area contributed by atoms with Crippen molar-refractivity contribution in [2.45, 2.75) is 27.2 Å². The molecule has 1 heteroatoms. The van der Waals surface area contributed by atoms with Gasteiger partial charge in [0.15, 0.2) is 0 Å². The minimum atomic E-state index is 0.820. The van der Waals surface area contributed by atoms with Crippen LogP contribution < -0.4 is 0 Å². The van der Waals surface area contributed by atoms with Gasteiger partial charge in [-0.2, -0.15) is 5.26 Å². The van der Waals surface area contributed by atoms with E-state index in [1.54, 1.807) is 0 Å². The highest BCUT2D eigenvalue weighted by Gasteiger charge is 2.01. The molecule has 0 unspecified atom stereocenters. The van der Waals surface area contributed by atoms with E-state index >= 15 is 0 Å². The van der Waals surface area contributed by atoms with Gasteiger partial charge < -0.3 is 0 Å². The van der Waals surface area contributed by atoms with Crippen molar-refractivity contribution < 1.29 is 0 Å². The van der Waals surface area contributed by atoms with E-state index in [2.05, 4.69) is 26.0 Å². The third-order valence-electron chi connectivity index (χ3n) is 2.22. The van der Waals surface area contributed by atoms with Crippen LogP contribution in [0.5, 0.6) is 0 Å². The van der Waals surface area contributed by atoms with Crippen LogP contribution in [0.4, 0.5) is 0 Å². The van der Waals surface area contributed by atoms with Gasteiger partial charge in [0.2, 0.25) is 0 Å². The minimum absolute atomic E-state index is 0.820. The van der Waals surface area contributed by atoms with Crippen LogP contribution in [0.15, 0.2) is 12.1 Å². The Morgan fingerprint density at radius 3 is 2.33 bits per heavy atom. The van der Waals surface area contributed by atoms with E-state index in [1.807, 2.05) is 13.0 Å². The smallest absolute Gasteiger partial charge is 0.0994 e. The number of aryl methyl sites for hydroxylation is 3. The van der Waals surface area contributed by atoms with E-state index in [0.29, 0.717) is 0 Å². The third kappa shape index (κ3) is 1.48. The molecule has 0 heterocycles. The maximum absolute atomic E-state index is 8.81. The molecule has 0 bridgehead atoms. The Balaban J connectivity index is 3.31. The van der Waals surface area contributed by atoms with Crippen LogP contribution in [0.1, 0.15) is 29.2 Å². The summed E-state index contributed by atoms with van der Waals surface area (Å²) < 4.78 is 0. The van der Waals surface area contributed by atoms with E-state index in [-0.39, 0.29) is 0 Å². The standard InChI is InChI=1S/C11H13N/c1-4-10-5-8(2)9(3)6-11(10)7-12/h5-6H,4H2,1-3H3. The quantitative estimate of drug-likeness (QED) is 0.618. The van der Waals surface area contributed by atoms with Gasteiger partial charge in [-0.1, -0.05) is 13.0 Å². The summed E-state index contributed by atoms with van der Waals surface area (Å²) in [6.45, 7) is 6.19. The summed E-state index contributed by atoms with van der Waals surface area (Å²) in [5.41, 5.74) is 4.44. The summed E-state index contributed by atoms with van der Waals surface area (Å²) in [5.74, 6) is 0. The van der Waals surface area contributed by atoms with Gasteiger partial charge in [-0.05, 0) is 43.0 Å². The Hall–Kier alpha value is -1.29. The Kier molecular flexibility index (Phi) is 2.50. The van der Waals surface area contributed by atoms with Crippen LogP contribution in [-0.2, 0) is 6.42 Å². The molecule has 0 amide bonds. The van der Waals surface area contributed by atoms with Crippen molar-refractivity contribution in [2.24, 2.45) is 0 Å². The molecule has 1 rings (SSSR count). The zero-order chi connectivity index (χ0) is 9.14. The first-order valence-corrected chi connectivity index (χ1v) is 4.19. The van der Waals surface area contributed by atoms with Crippen molar-refractivity contribution in [3.8, 4) is 6.07 Å². The molecule has 0 saturated carbocycles. The van der Waals surface area contributed by atoms with Gasteiger partial charge in [-0.3, -0.25) is 0 Å². The zero-order valence-corrected chi connectivity index (χ0v) is 7.81. The predicted molar refractivity (Wildman–Crippen MR) is 50.0 cm³/mol. The molecule has 0 saturated heterocycles. The monoisotopic (exact) mass is 159 g/mol. The molecule has 0 aliphatic carbocycles. The molecule has 1 aromatic rings. The van der Waals surface area contributed by atoms with E-state index in [0.717, 1.165) is 17.5 Å². The van der Waals surface area contributed by atoms with Gasteiger partial charge in [-0.25, -0.2) is 0 Å². The molecule has 0 spiro atoms. The molecule has 0 radical (unpaired) electrons. The lowest BCUT2D eigenvalue weighted by atomic mass is 9.99. The maximum Gasteiger partial charge on any atom is 0.0994 e. The second kappa shape index (κ2) is 3.40. The summed E-state index contributed by atoms with van der Waals surface area (Å²) in [6, 6.07) is 6.29. The number of rotatable bonds is 1. The molecular weight excluding hydrogens is 146 g/mol. The lowest BCUT2D eigenvalue weighted by Gasteiger charge is -2.05. The van der Waals surface area contributed by atoms with Gasteiger partial charge in [-0.15, -0.1) is 0 Å². The molecule has 1 nitrogen and oxygen atoms in total. The highest BCUT2D eigenvalue weighted by Crippen LogP contribution is 2.15. The number of nitriles is 1. The average Bonchev–Trinajstić information content (AvgIpc) is 2.09.